The van der Waals surface area contributed by atoms with Crippen LogP contribution in [-0.2, 0) is 0 Å². The lowest BCUT2D eigenvalue weighted by Crippen LogP contribution is -1.76. The monoisotopic (exact) mass is 149 g/mol. The minimum absolute atomic E-state index is 0.859. The first-order valence-electron chi connectivity index (χ1n) is 3.46. The Labute approximate surface area is 65.9 Å². The zero-order valence-corrected chi connectivity index (χ0v) is 6.70. The van der Waals surface area contributed by atoms with Crippen LogP contribution in [0.3, 0.4) is 0 Å². The van der Waals surface area contributed by atoms with E-state index in [-0.39, 0.29) is 0 Å². The Morgan fingerprint density at radius 1 is 1.55 bits per heavy atom. The van der Waals surface area contributed by atoms with Gasteiger partial charge in [0.15, 0.2) is 0 Å². The van der Waals surface area contributed by atoms with Gasteiger partial charge in [-0.1, -0.05) is 0 Å². The minimum atomic E-state index is 0.859. The maximum absolute atomic E-state index is 4.11. The molecule has 0 aliphatic carbocycles. The van der Waals surface area contributed by atoms with Crippen LogP contribution in [0.1, 0.15) is 12.5 Å². The summed E-state index contributed by atoms with van der Waals surface area (Å²) in [6.07, 6.45) is 5.37. The average molecular weight is 149 g/mol. The summed E-state index contributed by atoms with van der Waals surface area (Å²) < 4.78 is 0. The lowest BCUT2D eigenvalue weighted by Gasteiger charge is -1.88. The number of hydrogen-bond acceptors (Lipinski definition) is 2. The van der Waals surface area contributed by atoms with Crippen molar-refractivity contribution in [3.05, 3.63) is 17.8 Å². The predicted molar refractivity (Wildman–Crippen MR) is 48.1 cm³/mol. The fourth-order valence-corrected chi connectivity index (χ4v) is 0.857. The number of aliphatic imine (C=N–C) groups is 2. The third-order valence-corrected chi connectivity index (χ3v) is 1.28. The van der Waals surface area contributed by atoms with E-state index in [0.717, 1.165) is 11.4 Å². The van der Waals surface area contributed by atoms with Gasteiger partial charge < -0.3 is 4.98 Å². The van der Waals surface area contributed by atoms with Gasteiger partial charge in [0.1, 0.15) is 5.82 Å². The van der Waals surface area contributed by atoms with Crippen LogP contribution in [0.2, 0.25) is 0 Å². The summed E-state index contributed by atoms with van der Waals surface area (Å²) in [4.78, 5) is 11.0. The van der Waals surface area contributed by atoms with Crippen LogP contribution < -0.4 is 0 Å². The van der Waals surface area contributed by atoms with Gasteiger partial charge in [0, 0.05) is 31.2 Å². The van der Waals surface area contributed by atoms with Gasteiger partial charge in [-0.2, -0.15) is 0 Å². The van der Waals surface area contributed by atoms with E-state index in [9.17, 15) is 0 Å². The highest BCUT2D eigenvalue weighted by Gasteiger charge is 1.95. The molecule has 0 radical (unpaired) electrons. The molecule has 0 fully saturated rings. The van der Waals surface area contributed by atoms with E-state index in [2.05, 4.69) is 15.0 Å². The summed E-state index contributed by atoms with van der Waals surface area (Å²) in [7, 11) is 1.74. The van der Waals surface area contributed by atoms with Crippen molar-refractivity contribution in [1.29, 1.82) is 0 Å². The van der Waals surface area contributed by atoms with Crippen LogP contribution in [0.5, 0.6) is 0 Å². The van der Waals surface area contributed by atoms with E-state index >= 15 is 0 Å². The maximum Gasteiger partial charge on any atom is 0.138 e. The first-order valence-corrected chi connectivity index (χ1v) is 3.46. The summed E-state index contributed by atoms with van der Waals surface area (Å²) in [6.45, 7) is 1.88. The van der Waals surface area contributed by atoms with Gasteiger partial charge in [-0.15, -0.1) is 0 Å². The fourth-order valence-electron chi connectivity index (χ4n) is 0.857. The summed E-state index contributed by atoms with van der Waals surface area (Å²) >= 11 is 0. The number of H-pyrrole nitrogens is 1. The summed E-state index contributed by atoms with van der Waals surface area (Å²) in [5.41, 5.74) is 1.02. The highest BCUT2D eigenvalue weighted by Crippen LogP contribution is 2.12. The Hall–Kier alpha value is -1.38. The van der Waals surface area contributed by atoms with Crippen molar-refractivity contribution in [2.24, 2.45) is 9.98 Å². The molecule has 1 aromatic rings. The molecule has 3 heteroatoms. The third kappa shape index (κ3) is 1.77. The van der Waals surface area contributed by atoms with Crippen LogP contribution in [0.25, 0.3) is 0 Å². The molecule has 1 rings (SSSR count). The van der Waals surface area contributed by atoms with Crippen molar-refractivity contribution in [2.45, 2.75) is 6.92 Å². The molecule has 1 aromatic heterocycles. The van der Waals surface area contributed by atoms with Crippen LogP contribution >= 0.6 is 0 Å². The molecule has 1 N–H and O–H groups in total. The summed E-state index contributed by atoms with van der Waals surface area (Å²) in [6, 6.07) is 1.94. The molecular weight excluding hydrogens is 138 g/mol. The average Bonchev–Trinajstić information content (AvgIpc) is 2.39. The zero-order chi connectivity index (χ0) is 8.10. The Morgan fingerprint density at radius 3 is 3.00 bits per heavy atom. The second-order valence-corrected chi connectivity index (χ2v) is 2.06. The van der Waals surface area contributed by atoms with Gasteiger partial charge in [-0.3, -0.25) is 4.99 Å². The van der Waals surface area contributed by atoms with Crippen molar-refractivity contribution in [2.75, 3.05) is 7.05 Å². The Morgan fingerprint density at radius 2 is 2.36 bits per heavy atom. The molecule has 0 spiro atoms. The number of nitrogens with one attached hydrogen (secondary N) is 1. The molecule has 3 nitrogen and oxygen atoms in total. The van der Waals surface area contributed by atoms with E-state index in [1.54, 1.807) is 19.5 Å². The van der Waals surface area contributed by atoms with Gasteiger partial charge in [-0.25, -0.2) is 4.99 Å². The van der Waals surface area contributed by atoms with E-state index in [1.165, 1.54) is 0 Å². The predicted octanol–water partition coefficient (Wildman–Crippen LogP) is 1.79. The van der Waals surface area contributed by atoms with Crippen LogP contribution in [0, 0.1) is 0 Å². The second-order valence-electron chi connectivity index (χ2n) is 2.06. The first-order chi connectivity index (χ1) is 5.38. The highest BCUT2D eigenvalue weighted by molar-refractivity contribution is 5.86. The molecule has 11 heavy (non-hydrogen) atoms. The number of rotatable bonds is 2. The van der Waals surface area contributed by atoms with Crippen molar-refractivity contribution < 1.29 is 0 Å². The zero-order valence-electron chi connectivity index (χ0n) is 6.70. The molecule has 0 unspecified atom stereocenters. The van der Waals surface area contributed by atoms with Crippen molar-refractivity contribution in [3.8, 4) is 0 Å². The topological polar surface area (TPSA) is 40.5 Å². The highest BCUT2D eigenvalue weighted by atomic mass is 14.9. The standard InChI is InChI=1S/C8H11N3/c1-3-10-8-7(6-9-2)4-5-11-8/h3-6,11H,1-2H3. The quantitative estimate of drug-likeness (QED) is 0.623. The Kier molecular flexibility index (Phi) is 2.60. The summed E-state index contributed by atoms with van der Waals surface area (Å²) in [5, 5.41) is 0. The molecule has 0 amide bonds. The van der Waals surface area contributed by atoms with Crippen LogP contribution in [0.4, 0.5) is 5.82 Å². The van der Waals surface area contributed by atoms with Gasteiger partial charge in [-0.05, 0) is 13.0 Å². The normalized spacial score (nSPS) is 11.8. The smallest absolute Gasteiger partial charge is 0.138 e. The summed E-state index contributed by atoms with van der Waals surface area (Å²) in [5.74, 6) is 0.859. The van der Waals surface area contributed by atoms with Gasteiger partial charge in [0.05, 0.1) is 0 Å². The van der Waals surface area contributed by atoms with Crippen molar-refractivity contribution in [1.82, 2.24) is 4.98 Å². The van der Waals surface area contributed by atoms with E-state index < -0.39 is 0 Å². The first kappa shape index (κ1) is 7.72. The minimum Gasteiger partial charge on any atom is -0.346 e. The second kappa shape index (κ2) is 3.71. The lowest BCUT2D eigenvalue weighted by molar-refractivity contribution is 1.34. The largest absolute Gasteiger partial charge is 0.346 e. The number of hydrogen-bond donors (Lipinski definition) is 1. The van der Waals surface area contributed by atoms with E-state index in [1.807, 2.05) is 19.2 Å². The van der Waals surface area contributed by atoms with E-state index in [0.29, 0.717) is 0 Å². The molecule has 0 atom stereocenters. The molecule has 0 bridgehead atoms. The lowest BCUT2D eigenvalue weighted by atomic mass is 10.3. The van der Waals surface area contributed by atoms with Crippen LogP contribution in [0.15, 0.2) is 22.2 Å². The number of nitrogens with zero attached hydrogens (tertiary/aromatic N) is 2. The fraction of sp³-hybridized carbons (Fsp3) is 0.250. The molecule has 0 saturated heterocycles. The maximum atomic E-state index is 4.11. The molecule has 58 valence electrons. The molecule has 0 aromatic carbocycles. The van der Waals surface area contributed by atoms with Crippen LogP contribution in [-0.4, -0.2) is 24.5 Å². The van der Waals surface area contributed by atoms with Crippen molar-refractivity contribution >= 4 is 18.2 Å². The molecule has 0 aliphatic heterocycles. The van der Waals surface area contributed by atoms with Gasteiger partial charge >= 0.3 is 0 Å². The number of aromatic amines is 1. The molecular formula is C8H11N3. The molecule has 0 aliphatic rings. The van der Waals surface area contributed by atoms with Gasteiger partial charge in [0.2, 0.25) is 0 Å². The molecule has 1 heterocycles. The van der Waals surface area contributed by atoms with Gasteiger partial charge in [0.25, 0.3) is 0 Å². The molecule has 0 saturated carbocycles. The Balaban J connectivity index is 2.95. The van der Waals surface area contributed by atoms with Crippen molar-refractivity contribution in [3.63, 3.8) is 0 Å². The third-order valence-electron chi connectivity index (χ3n) is 1.28. The number of aromatic nitrogens is 1. The Bertz CT molecular complexity index is 244. The SMILES string of the molecule is CC=Nc1[nH]ccc1C=NC. The van der Waals surface area contributed by atoms with E-state index in [4.69, 9.17) is 0 Å².